The van der Waals surface area contributed by atoms with Crippen molar-refractivity contribution < 1.29 is 39.3 Å². The van der Waals surface area contributed by atoms with Crippen molar-refractivity contribution >= 4 is 41.4 Å². The topological polar surface area (TPSA) is 208 Å². The van der Waals surface area contributed by atoms with Crippen molar-refractivity contribution in [3.63, 3.8) is 0 Å². The molecule has 0 bridgehead atoms. The van der Waals surface area contributed by atoms with E-state index in [1.165, 1.54) is 23.9 Å². The third-order valence-electron chi connectivity index (χ3n) is 4.68. The molecule has 0 aliphatic heterocycles. The molecule has 0 radical (unpaired) electrons. The van der Waals surface area contributed by atoms with Gasteiger partial charge in [-0.15, -0.1) is 0 Å². The number of carbonyl (C=O) groups is 5. The van der Waals surface area contributed by atoms with Crippen LogP contribution in [-0.4, -0.2) is 81.7 Å². The average molecular weight is 499 g/mol. The molecule has 1 aromatic rings. The molecule has 13 heteroatoms. The number of phenols is 1. The van der Waals surface area contributed by atoms with Crippen LogP contribution in [-0.2, 0) is 30.4 Å². The highest BCUT2D eigenvalue weighted by Gasteiger charge is 2.27. The molecule has 0 heterocycles. The summed E-state index contributed by atoms with van der Waals surface area (Å²) < 4.78 is 0. The zero-order chi connectivity index (χ0) is 25.7. The molecule has 0 saturated heterocycles. The van der Waals surface area contributed by atoms with Gasteiger partial charge in [-0.2, -0.15) is 11.8 Å². The van der Waals surface area contributed by atoms with Crippen molar-refractivity contribution in [1.29, 1.82) is 0 Å². The van der Waals surface area contributed by atoms with Gasteiger partial charge >= 0.3 is 11.9 Å². The fraction of sp³-hybridized carbons (Fsp3) is 0.476. The van der Waals surface area contributed by atoms with E-state index >= 15 is 0 Å². The molecule has 0 aliphatic rings. The van der Waals surface area contributed by atoms with Crippen molar-refractivity contribution in [2.24, 2.45) is 5.73 Å². The Labute approximate surface area is 200 Å². The Kier molecular flexibility index (Phi) is 12.5. The molecule has 3 atom stereocenters. The maximum Gasteiger partial charge on any atom is 0.326 e. The smallest absolute Gasteiger partial charge is 0.326 e. The number of benzene rings is 1. The lowest BCUT2D eigenvalue weighted by Gasteiger charge is -2.21. The van der Waals surface area contributed by atoms with Crippen LogP contribution in [0.1, 0.15) is 24.8 Å². The summed E-state index contributed by atoms with van der Waals surface area (Å²) in [5, 5.41) is 34.5. The van der Waals surface area contributed by atoms with Gasteiger partial charge in [-0.25, -0.2) is 4.79 Å². The summed E-state index contributed by atoms with van der Waals surface area (Å²) in [6, 6.07) is 2.63. The molecule has 3 unspecified atom stereocenters. The molecular formula is C21H30N4O8S. The summed E-state index contributed by atoms with van der Waals surface area (Å²) in [5.74, 6) is -4.14. The standard InChI is InChI=1S/C21H30N4O8S/c1-34-9-8-16(21(32)33)25-20(31)15(6-7-18(28)29)24-17(27)11-23-19(30)14(22)10-12-2-4-13(26)5-3-12/h2-5,14-16,26H,6-11,22H2,1H3,(H,23,30)(H,24,27)(H,25,31)(H,28,29)(H,32,33). The minimum atomic E-state index is -1.30. The third kappa shape index (κ3) is 11.0. The summed E-state index contributed by atoms with van der Waals surface area (Å²) in [6.45, 7) is -0.520. The van der Waals surface area contributed by atoms with Gasteiger partial charge in [-0.3, -0.25) is 19.2 Å². The molecule has 1 rings (SSSR count). The molecule has 0 saturated carbocycles. The van der Waals surface area contributed by atoms with E-state index < -0.39 is 60.8 Å². The number of aliphatic carboxylic acids is 2. The van der Waals surface area contributed by atoms with Gasteiger partial charge in [0, 0.05) is 6.42 Å². The lowest BCUT2D eigenvalue weighted by molar-refractivity contribution is -0.143. The first kappa shape index (κ1) is 28.7. The Morgan fingerprint density at radius 3 is 2.18 bits per heavy atom. The maximum absolute atomic E-state index is 12.5. The van der Waals surface area contributed by atoms with Gasteiger partial charge in [0.2, 0.25) is 17.7 Å². The molecule has 34 heavy (non-hydrogen) atoms. The number of carbonyl (C=O) groups excluding carboxylic acids is 3. The van der Waals surface area contributed by atoms with Gasteiger partial charge in [-0.05, 0) is 49.0 Å². The second-order valence-electron chi connectivity index (χ2n) is 7.43. The molecule has 3 amide bonds. The highest BCUT2D eigenvalue weighted by atomic mass is 32.2. The highest BCUT2D eigenvalue weighted by Crippen LogP contribution is 2.11. The summed E-state index contributed by atoms with van der Waals surface area (Å²) in [6.07, 6.45) is 1.38. The lowest BCUT2D eigenvalue weighted by Crippen LogP contribution is -2.54. The van der Waals surface area contributed by atoms with Crippen LogP contribution in [0.3, 0.4) is 0 Å². The van der Waals surface area contributed by atoms with Crippen LogP contribution in [0, 0.1) is 0 Å². The van der Waals surface area contributed by atoms with E-state index in [2.05, 4.69) is 16.0 Å². The number of nitrogens with one attached hydrogen (secondary N) is 3. The number of carboxylic acids is 2. The molecule has 0 fully saturated rings. The van der Waals surface area contributed by atoms with Crippen molar-refractivity contribution in [3.8, 4) is 5.75 Å². The first-order chi connectivity index (χ1) is 16.0. The number of carboxylic acid groups (broad SMARTS) is 2. The normalized spacial score (nSPS) is 13.2. The monoisotopic (exact) mass is 498 g/mol. The van der Waals surface area contributed by atoms with Gasteiger partial charge in [0.05, 0.1) is 12.6 Å². The summed E-state index contributed by atoms with van der Waals surface area (Å²) in [4.78, 5) is 59.3. The van der Waals surface area contributed by atoms with Crippen molar-refractivity contribution in [3.05, 3.63) is 29.8 Å². The second kappa shape index (κ2) is 14.8. The van der Waals surface area contributed by atoms with E-state index in [-0.39, 0.29) is 25.0 Å². The number of hydrogen-bond acceptors (Lipinski definition) is 8. The Morgan fingerprint density at radius 2 is 1.62 bits per heavy atom. The molecule has 1 aromatic carbocycles. The Morgan fingerprint density at radius 1 is 0.971 bits per heavy atom. The number of amides is 3. The largest absolute Gasteiger partial charge is 0.508 e. The molecule has 0 aliphatic carbocycles. The van der Waals surface area contributed by atoms with Gasteiger partial charge in [0.25, 0.3) is 0 Å². The highest BCUT2D eigenvalue weighted by molar-refractivity contribution is 7.98. The van der Waals surface area contributed by atoms with E-state index in [1.54, 1.807) is 18.4 Å². The van der Waals surface area contributed by atoms with Crippen LogP contribution in [0.4, 0.5) is 0 Å². The van der Waals surface area contributed by atoms with Crippen LogP contribution in [0.25, 0.3) is 0 Å². The molecule has 0 spiro atoms. The Bertz CT molecular complexity index is 865. The van der Waals surface area contributed by atoms with Crippen molar-refractivity contribution in [2.75, 3.05) is 18.6 Å². The second-order valence-corrected chi connectivity index (χ2v) is 8.41. The van der Waals surface area contributed by atoms with E-state index in [4.69, 9.17) is 10.8 Å². The van der Waals surface area contributed by atoms with E-state index in [1.807, 2.05) is 0 Å². The fourth-order valence-electron chi connectivity index (χ4n) is 2.82. The number of thioether (sulfide) groups is 1. The Hall–Kier alpha value is -3.32. The molecular weight excluding hydrogens is 468 g/mol. The average Bonchev–Trinajstić information content (AvgIpc) is 2.78. The van der Waals surface area contributed by atoms with Crippen LogP contribution in [0.5, 0.6) is 5.75 Å². The minimum Gasteiger partial charge on any atom is -0.508 e. The first-order valence-corrected chi connectivity index (χ1v) is 11.8. The third-order valence-corrected chi connectivity index (χ3v) is 5.32. The molecule has 0 aromatic heterocycles. The number of hydrogen-bond donors (Lipinski definition) is 7. The predicted molar refractivity (Wildman–Crippen MR) is 124 cm³/mol. The minimum absolute atomic E-state index is 0.0684. The van der Waals surface area contributed by atoms with Gasteiger partial charge in [-0.1, -0.05) is 12.1 Å². The van der Waals surface area contributed by atoms with E-state index in [9.17, 15) is 34.2 Å². The van der Waals surface area contributed by atoms with Crippen molar-refractivity contribution in [1.82, 2.24) is 16.0 Å². The molecule has 12 nitrogen and oxygen atoms in total. The number of nitrogens with two attached hydrogens (primary N) is 1. The number of phenolic OH excluding ortho intramolecular Hbond substituents is 1. The summed E-state index contributed by atoms with van der Waals surface area (Å²) >= 11 is 1.40. The number of aromatic hydroxyl groups is 1. The predicted octanol–water partition coefficient (Wildman–Crippen LogP) is -0.950. The first-order valence-electron chi connectivity index (χ1n) is 10.4. The molecule has 8 N–H and O–H groups in total. The Balaban J connectivity index is 2.66. The van der Waals surface area contributed by atoms with Crippen LogP contribution in [0.15, 0.2) is 24.3 Å². The quantitative estimate of drug-likeness (QED) is 0.158. The summed E-state index contributed by atoms with van der Waals surface area (Å²) in [5.41, 5.74) is 6.53. The van der Waals surface area contributed by atoms with Gasteiger partial charge in [0.1, 0.15) is 17.8 Å². The fourth-order valence-corrected chi connectivity index (χ4v) is 3.30. The SMILES string of the molecule is CSCCC(NC(=O)C(CCC(=O)O)NC(=O)CNC(=O)C(N)Cc1ccc(O)cc1)C(=O)O. The van der Waals surface area contributed by atoms with Crippen molar-refractivity contribution in [2.45, 2.75) is 43.8 Å². The van der Waals surface area contributed by atoms with Crippen LogP contribution < -0.4 is 21.7 Å². The summed E-state index contributed by atoms with van der Waals surface area (Å²) in [7, 11) is 0. The maximum atomic E-state index is 12.5. The number of rotatable bonds is 15. The van der Waals surface area contributed by atoms with E-state index in [0.717, 1.165) is 0 Å². The van der Waals surface area contributed by atoms with Gasteiger partial charge < -0.3 is 37.0 Å². The van der Waals surface area contributed by atoms with Crippen LogP contribution >= 0.6 is 11.8 Å². The van der Waals surface area contributed by atoms with Crippen LogP contribution in [0.2, 0.25) is 0 Å². The van der Waals surface area contributed by atoms with Gasteiger partial charge in [0.15, 0.2) is 0 Å². The molecule has 188 valence electrons. The van der Waals surface area contributed by atoms with E-state index in [0.29, 0.717) is 11.3 Å². The zero-order valence-corrected chi connectivity index (χ0v) is 19.5. The lowest BCUT2D eigenvalue weighted by atomic mass is 10.1. The zero-order valence-electron chi connectivity index (χ0n) is 18.7.